The molecule has 0 bridgehead atoms. The molecule has 1 aliphatic carbocycles. The SMILES string of the molecule is NCc1ccc(N(C(=O)c2cncc(F)c2)C2CC2)cc1. The molecular weight excluding hydrogens is 269 g/mol. The van der Waals surface area contributed by atoms with Gasteiger partial charge >= 0.3 is 0 Å². The van der Waals surface area contributed by atoms with E-state index in [0.717, 1.165) is 30.3 Å². The van der Waals surface area contributed by atoms with Crippen molar-refractivity contribution >= 4 is 11.6 Å². The van der Waals surface area contributed by atoms with Crippen LogP contribution in [-0.2, 0) is 6.54 Å². The van der Waals surface area contributed by atoms with Crippen LogP contribution < -0.4 is 10.6 Å². The van der Waals surface area contributed by atoms with Crippen molar-refractivity contribution in [2.24, 2.45) is 5.73 Å². The van der Waals surface area contributed by atoms with Gasteiger partial charge in [0.1, 0.15) is 5.82 Å². The summed E-state index contributed by atoms with van der Waals surface area (Å²) in [5, 5.41) is 0. The van der Waals surface area contributed by atoms with Gasteiger partial charge in [-0.1, -0.05) is 12.1 Å². The van der Waals surface area contributed by atoms with E-state index >= 15 is 0 Å². The quantitative estimate of drug-likeness (QED) is 0.939. The van der Waals surface area contributed by atoms with E-state index in [9.17, 15) is 9.18 Å². The van der Waals surface area contributed by atoms with Gasteiger partial charge in [0.15, 0.2) is 0 Å². The Morgan fingerprint density at radius 1 is 1.29 bits per heavy atom. The van der Waals surface area contributed by atoms with Crippen molar-refractivity contribution in [3.05, 3.63) is 59.7 Å². The first-order valence-corrected chi connectivity index (χ1v) is 6.92. The molecule has 1 aromatic carbocycles. The minimum absolute atomic E-state index is 0.185. The number of benzene rings is 1. The predicted octanol–water partition coefficient (Wildman–Crippen LogP) is 2.49. The highest BCUT2D eigenvalue weighted by atomic mass is 19.1. The number of hydrogen-bond donors (Lipinski definition) is 1. The molecule has 2 aromatic rings. The van der Waals surface area contributed by atoms with E-state index in [1.165, 1.54) is 12.3 Å². The molecule has 5 heteroatoms. The van der Waals surface area contributed by atoms with Gasteiger partial charge in [0, 0.05) is 24.5 Å². The summed E-state index contributed by atoms with van der Waals surface area (Å²) in [6.07, 6.45) is 4.42. The smallest absolute Gasteiger partial charge is 0.260 e. The Morgan fingerprint density at radius 3 is 2.57 bits per heavy atom. The Labute approximate surface area is 122 Å². The second-order valence-corrected chi connectivity index (χ2v) is 5.17. The lowest BCUT2D eigenvalue weighted by Crippen LogP contribution is -2.33. The minimum atomic E-state index is -0.505. The van der Waals surface area contributed by atoms with Crippen molar-refractivity contribution in [2.75, 3.05) is 4.90 Å². The molecule has 0 radical (unpaired) electrons. The summed E-state index contributed by atoms with van der Waals surface area (Å²) in [5.74, 6) is -0.722. The fraction of sp³-hybridized carbons (Fsp3) is 0.250. The van der Waals surface area contributed by atoms with E-state index in [-0.39, 0.29) is 17.5 Å². The number of pyridine rings is 1. The summed E-state index contributed by atoms with van der Waals surface area (Å²) in [4.78, 5) is 18.1. The summed E-state index contributed by atoms with van der Waals surface area (Å²) in [5.41, 5.74) is 7.67. The van der Waals surface area contributed by atoms with Crippen molar-refractivity contribution in [2.45, 2.75) is 25.4 Å². The van der Waals surface area contributed by atoms with Gasteiger partial charge in [0.2, 0.25) is 0 Å². The number of rotatable bonds is 4. The highest BCUT2D eigenvalue weighted by molar-refractivity contribution is 6.06. The first kappa shape index (κ1) is 13.7. The molecule has 4 nitrogen and oxygen atoms in total. The first-order valence-electron chi connectivity index (χ1n) is 6.92. The second-order valence-electron chi connectivity index (χ2n) is 5.17. The summed E-state index contributed by atoms with van der Waals surface area (Å²) in [6.45, 7) is 0.464. The van der Waals surface area contributed by atoms with E-state index < -0.39 is 5.82 Å². The van der Waals surface area contributed by atoms with Crippen LogP contribution in [0.2, 0.25) is 0 Å². The molecular formula is C16H16FN3O. The van der Waals surface area contributed by atoms with Crippen molar-refractivity contribution in [3.63, 3.8) is 0 Å². The molecule has 0 unspecified atom stereocenters. The average Bonchev–Trinajstić information content (AvgIpc) is 3.33. The molecule has 1 fully saturated rings. The zero-order chi connectivity index (χ0) is 14.8. The Bertz CT molecular complexity index is 653. The van der Waals surface area contributed by atoms with Gasteiger partial charge in [-0.15, -0.1) is 0 Å². The van der Waals surface area contributed by atoms with E-state index in [0.29, 0.717) is 6.54 Å². The maximum absolute atomic E-state index is 13.3. The van der Waals surface area contributed by atoms with Crippen molar-refractivity contribution < 1.29 is 9.18 Å². The second kappa shape index (κ2) is 5.61. The Morgan fingerprint density at radius 2 is 2.00 bits per heavy atom. The van der Waals surface area contributed by atoms with E-state index in [1.54, 1.807) is 4.90 Å². The standard InChI is InChI=1S/C16H16FN3O/c17-13-7-12(9-19-10-13)16(21)20(15-5-6-15)14-3-1-11(8-18)2-4-14/h1-4,7,9-10,15H,5-6,8,18H2. The molecule has 21 heavy (non-hydrogen) atoms. The molecule has 3 rings (SSSR count). The fourth-order valence-corrected chi connectivity index (χ4v) is 2.29. The molecule has 1 amide bonds. The van der Waals surface area contributed by atoms with Crippen LogP contribution in [0.15, 0.2) is 42.7 Å². The van der Waals surface area contributed by atoms with Gasteiger partial charge in [-0.25, -0.2) is 4.39 Å². The van der Waals surface area contributed by atoms with Gasteiger partial charge < -0.3 is 10.6 Å². The molecule has 0 spiro atoms. The van der Waals surface area contributed by atoms with E-state index in [2.05, 4.69) is 4.98 Å². The molecule has 0 saturated heterocycles. The highest BCUT2D eigenvalue weighted by Gasteiger charge is 2.34. The molecule has 1 heterocycles. The number of nitrogens with zero attached hydrogens (tertiary/aromatic N) is 2. The normalized spacial score (nSPS) is 14.0. The summed E-state index contributed by atoms with van der Waals surface area (Å²) in [7, 11) is 0. The molecule has 108 valence electrons. The first-order chi connectivity index (χ1) is 10.2. The topological polar surface area (TPSA) is 59.2 Å². The van der Waals surface area contributed by atoms with E-state index in [4.69, 9.17) is 5.73 Å². The minimum Gasteiger partial charge on any atom is -0.326 e. The fourth-order valence-electron chi connectivity index (χ4n) is 2.29. The van der Waals surface area contributed by atoms with Crippen LogP contribution in [0, 0.1) is 5.82 Å². The number of halogens is 1. The largest absolute Gasteiger partial charge is 0.326 e. The van der Waals surface area contributed by atoms with Crippen LogP contribution in [0.5, 0.6) is 0 Å². The lowest BCUT2D eigenvalue weighted by atomic mass is 10.1. The number of hydrogen-bond acceptors (Lipinski definition) is 3. The van der Waals surface area contributed by atoms with Crippen molar-refractivity contribution in [1.82, 2.24) is 4.98 Å². The number of amides is 1. The number of nitrogens with two attached hydrogens (primary N) is 1. The van der Waals surface area contributed by atoms with Crippen LogP contribution >= 0.6 is 0 Å². The molecule has 1 aliphatic rings. The summed E-state index contributed by atoms with van der Waals surface area (Å²) in [6, 6.07) is 8.98. The van der Waals surface area contributed by atoms with Gasteiger partial charge in [-0.2, -0.15) is 0 Å². The summed E-state index contributed by atoms with van der Waals surface area (Å²) < 4.78 is 13.3. The number of carbonyl (C=O) groups excluding carboxylic acids is 1. The Balaban J connectivity index is 1.92. The number of aromatic nitrogens is 1. The van der Waals surface area contributed by atoms with Crippen molar-refractivity contribution in [3.8, 4) is 0 Å². The molecule has 0 aliphatic heterocycles. The maximum Gasteiger partial charge on any atom is 0.260 e. The van der Waals surface area contributed by atoms with Crippen LogP contribution in [0.3, 0.4) is 0 Å². The van der Waals surface area contributed by atoms with Crippen LogP contribution in [0.1, 0.15) is 28.8 Å². The third kappa shape index (κ3) is 2.92. The zero-order valence-electron chi connectivity index (χ0n) is 11.5. The zero-order valence-corrected chi connectivity index (χ0v) is 11.5. The molecule has 1 aromatic heterocycles. The van der Waals surface area contributed by atoms with Gasteiger partial charge in [-0.3, -0.25) is 9.78 Å². The molecule has 2 N–H and O–H groups in total. The number of carbonyl (C=O) groups is 1. The van der Waals surface area contributed by atoms with Gasteiger partial charge in [0.25, 0.3) is 5.91 Å². The highest BCUT2D eigenvalue weighted by Crippen LogP contribution is 2.33. The Hall–Kier alpha value is -2.27. The third-order valence-electron chi connectivity index (χ3n) is 3.53. The monoisotopic (exact) mass is 285 g/mol. The average molecular weight is 285 g/mol. The van der Waals surface area contributed by atoms with Crippen molar-refractivity contribution in [1.29, 1.82) is 0 Å². The molecule has 0 atom stereocenters. The summed E-state index contributed by atoms with van der Waals surface area (Å²) >= 11 is 0. The number of anilines is 1. The predicted molar refractivity (Wildman–Crippen MR) is 78.4 cm³/mol. The Kier molecular flexibility index (Phi) is 3.66. The van der Waals surface area contributed by atoms with Crippen LogP contribution in [0.25, 0.3) is 0 Å². The van der Waals surface area contributed by atoms with Gasteiger partial charge in [0.05, 0.1) is 11.8 Å². The van der Waals surface area contributed by atoms with E-state index in [1.807, 2.05) is 24.3 Å². The molecule has 1 saturated carbocycles. The van der Waals surface area contributed by atoms with Crippen LogP contribution in [-0.4, -0.2) is 16.9 Å². The maximum atomic E-state index is 13.3. The lowest BCUT2D eigenvalue weighted by molar-refractivity contribution is 0.0984. The third-order valence-corrected chi connectivity index (χ3v) is 3.53. The lowest BCUT2D eigenvalue weighted by Gasteiger charge is -2.22. The van der Waals surface area contributed by atoms with Gasteiger partial charge in [-0.05, 0) is 36.6 Å². The van der Waals surface area contributed by atoms with Crippen LogP contribution in [0.4, 0.5) is 10.1 Å².